The fourth-order valence-electron chi connectivity index (χ4n) is 4.41. The fourth-order valence-corrected chi connectivity index (χ4v) is 4.41. The maximum atomic E-state index is 10.3. The molecule has 1 aliphatic rings. The lowest BCUT2D eigenvalue weighted by Gasteiger charge is -2.42. The van der Waals surface area contributed by atoms with Gasteiger partial charge in [-0.05, 0) is 55.6 Å². The largest absolute Gasteiger partial charge is 0.497 e. The summed E-state index contributed by atoms with van der Waals surface area (Å²) in [6.07, 6.45) is 7.05. The second kappa shape index (κ2) is 8.80. The number of methoxy groups -OCH3 is 1. The lowest BCUT2D eigenvalue weighted by atomic mass is 9.75. The van der Waals surface area contributed by atoms with Gasteiger partial charge in [0.2, 0.25) is 0 Å². The molecule has 0 unspecified atom stereocenters. The van der Waals surface area contributed by atoms with Crippen LogP contribution in [0, 0.1) is 5.41 Å². The maximum Gasteiger partial charge on any atom is 0.119 e. The quantitative estimate of drug-likeness (QED) is 0.667. The Labute approximate surface area is 172 Å². The van der Waals surface area contributed by atoms with Gasteiger partial charge in [0.15, 0.2) is 0 Å². The SMILES string of the molecule is COc1cccc(C[C@@]2(CO)CCCN(Cc3cnn(-c4ccccc4)c3)C2)c1. The Balaban J connectivity index is 1.45. The molecule has 0 aliphatic carbocycles. The molecule has 2 aromatic carbocycles. The number of para-hydroxylation sites is 1. The minimum absolute atomic E-state index is 0.111. The van der Waals surface area contributed by atoms with E-state index in [9.17, 15) is 5.11 Å². The molecule has 0 saturated carbocycles. The van der Waals surface area contributed by atoms with Crippen molar-refractivity contribution in [3.05, 3.63) is 78.1 Å². The lowest BCUT2D eigenvalue weighted by Crippen LogP contribution is -2.46. The van der Waals surface area contributed by atoms with E-state index < -0.39 is 0 Å². The summed E-state index contributed by atoms with van der Waals surface area (Å²) in [5.74, 6) is 0.872. The van der Waals surface area contributed by atoms with Crippen molar-refractivity contribution in [2.24, 2.45) is 5.41 Å². The van der Waals surface area contributed by atoms with Gasteiger partial charge in [0, 0.05) is 30.3 Å². The van der Waals surface area contributed by atoms with E-state index in [0.29, 0.717) is 0 Å². The molecule has 152 valence electrons. The number of nitrogens with zero attached hydrogens (tertiary/aromatic N) is 3. The van der Waals surface area contributed by atoms with Gasteiger partial charge in [-0.2, -0.15) is 5.10 Å². The minimum atomic E-state index is -0.111. The molecule has 5 heteroatoms. The van der Waals surface area contributed by atoms with E-state index in [4.69, 9.17) is 4.74 Å². The molecule has 1 fully saturated rings. The van der Waals surface area contributed by atoms with Crippen molar-refractivity contribution < 1.29 is 9.84 Å². The van der Waals surface area contributed by atoms with Crippen LogP contribution in [0.5, 0.6) is 5.75 Å². The van der Waals surface area contributed by atoms with Crippen LogP contribution in [0.25, 0.3) is 5.69 Å². The zero-order valence-electron chi connectivity index (χ0n) is 17.0. The highest BCUT2D eigenvalue weighted by Gasteiger charge is 2.35. The third kappa shape index (κ3) is 4.69. The Morgan fingerprint density at radius 3 is 2.76 bits per heavy atom. The normalized spacial score (nSPS) is 19.9. The number of piperidine rings is 1. The summed E-state index contributed by atoms with van der Waals surface area (Å²) in [6, 6.07) is 18.4. The van der Waals surface area contributed by atoms with Gasteiger partial charge in [-0.15, -0.1) is 0 Å². The number of aliphatic hydroxyl groups excluding tert-OH is 1. The molecule has 0 radical (unpaired) electrons. The Bertz CT molecular complexity index is 925. The average Bonchev–Trinajstić information content (AvgIpc) is 3.23. The molecule has 1 aliphatic heterocycles. The summed E-state index contributed by atoms with van der Waals surface area (Å²) in [5, 5.41) is 14.8. The molecular formula is C24H29N3O2. The minimum Gasteiger partial charge on any atom is -0.497 e. The lowest BCUT2D eigenvalue weighted by molar-refractivity contribution is 0.0288. The maximum absolute atomic E-state index is 10.3. The van der Waals surface area contributed by atoms with Gasteiger partial charge in [0.25, 0.3) is 0 Å². The van der Waals surface area contributed by atoms with Gasteiger partial charge >= 0.3 is 0 Å². The highest BCUT2D eigenvalue weighted by atomic mass is 16.5. The van der Waals surface area contributed by atoms with Crippen LogP contribution in [-0.4, -0.2) is 46.6 Å². The number of hydrogen-bond donors (Lipinski definition) is 1. The number of hydrogen-bond acceptors (Lipinski definition) is 4. The standard InChI is InChI=1S/C24H29N3O2/c1-29-23-10-5-7-20(13-23)14-24(19-28)11-6-12-26(18-24)16-21-15-25-27(17-21)22-8-3-2-4-9-22/h2-5,7-10,13,15,17,28H,6,11-12,14,16,18-19H2,1H3/t24-/m0/s1. The summed E-state index contributed by atoms with van der Waals surface area (Å²) in [4.78, 5) is 2.45. The molecule has 0 bridgehead atoms. The van der Waals surface area contributed by atoms with Crippen molar-refractivity contribution in [1.82, 2.24) is 14.7 Å². The first-order valence-corrected chi connectivity index (χ1v) is 10.2. The van der Waals surface area contributed by atoms with E-state index in [1.165, 1.54) is 11.1 Å². The van der Waals surface area contributed by atoms with Crippen LogP contribution in [0.1, 0.15) is 24.0 Å². The van der Waals surface area contributed by atoms with Gasteiger partial charge in [0.05, 0.1) is 25.6 Å². The van der Waals surface area contributed by atoms with E-state index in [1.807, 2.05) is 41.2 Å². The third-order valence-electron chi connectivity index (χ3n) is 5.85. The zero-order chi connectivity index (χ0) is 20.1. The Morgan fingerprint density at radius 1 is 1.10 bits per heavy atom. The van der Waals surface area contributed by atoms with Crippen LogP contribution in [0.15, 0.2) is 67.0 Å². The Morgan fingerprint density at radius 2 is 1.97 bits per heavy atom. The van der Waals surface area contributed by atoms with Crippen molar-refractivity contribution in [2.75, 3.05) is 26.8 Å². The van der Waals surface area contributed by atoms with Crippen molar-refractivity contribution in [2.45, 2.75) is 25.8 Å². The summed E-state index contributed by atoms with van der Waals surface area (Å²) < 4.78 is 7.29. The molecule has 29 heavy (non-hydrogen) atoms. The van der Waals surface area contributed by atoms with Crippen molar-refractivity contribution in [3.8, 4) is 11.4 Å². The fraction of sp³-hybridized carbons (Fsp3) is 0.375. The van der Waals surface area contributed by atoms with E-state index >= 15 is 0 Å². The number of likely N-dealkylation sites (tertiary alicyclic amines) is 1. The highest BCUT2D eigenvalue weighted by Crippen LogP contribution is 2.34. The summed E-state index contributed by atoms with van der Waals surface area (Å²) >= 11 is 0. The summed E-state index contributed by atoms with van der Waals surface area (Å²) in [6.45, 7) is 2.99. The van der Waals surface area contributed by atoms with Crippen molar-refractivity contribution in [1.29, 1.82) is 0 Å². The predicted octanol–water partition coefficient (Wildman–Crippen LogP) is 3.70. The van der Waals surface area contributed by atoms with Gasteiger partial charge in [-0.1, -0.05) is 30.3 Å². The first-order valence-electron chi connectivity index (χ1n) is 10.2. The highest BCUT2D eigenvalue weighted by molar-refractivity contribution is 5.31. The zero-order valence-corrected chi connectivity index (χ0v) is 17.0. The van der Waals surface area contributed by atoms with Crippen LogP contribution in [0.3, 0.4) is 0 Å². The second-order valence-corrected chi connectivity index (χ2v) is 8.13. The number of rotatable bonds is 7. The molecule has 2 heterocycles. The van der Waals surface area contributed by atoms with E-state index in [2.05, 4.69) is 40.5 Å². The topological polar surface area (TPSA) is 50.5 Å². The molecular weight excluding hydrogens is 362 g/mol. The average molecular weight is 392 g/mol. The molecule has 5 nitrogen and oxygen atoms in total. The molecule has 1 saturated heterocycles. The van der Waals surface area contributed by atoms with Crippen LogP contribution >= 0.6 is 0 Å². The molecule has 1 N–H and O–H groups in total. The monoisotopic (exact) mass is 391 g/mol. The Hall–Kier alpha value is -2.63. The van der Waals surface area contributed by atoms with E-state index in [-0.39, 0.29) is 12.0 Å². The van der Waals surface area contributed by atoms with Crippen LogP contribution in [-0.2, 0) is 13.0 Å². The second-order valence-electron chi connectivity index (χ2n) is 8.13. The predicted molar refractivity (Wildman–Crippen MR) is 114 cm³/mol. The molecule has 0 spiro atoms. The molecule has 1 atom stereocenters. The molecule has 4 rings (SSSR count). The van der Waals surface area contributed by atoms with Gasteiger partial charge in [-0.25, -0.2) is 4.68 Å². The molecule has 0 amide bonds. The van der Waals surface area contributed by atoms with E-state index in [1.54, 1.807) is 7.11 Å². The number of aliphatic hydroxyl groups is 1. The van der Waals surface area contributed by atoms with Crippen molar-refractivity contribution >= 4 is 0 Å². The first kappa shape index (κ1) is 19.7. The number of ether oxygens (including phenoxy) is 1. The number of benzene rings is 2. The van der Waals surface area contributed by atoms with Gasteiger partial charge in [0.1, 0.15) is 5.75 Å². The summed E-state index contributed by atoms with van der Waals surface area (Å²) in [5.41, 5.74) is 3.38. The smallest absolute Gasteiger partial charge is 0.119 e. The Kier molecular flexibility index (Phi) is 5.97. The van der Waals surface area contributed by atoms with Gasteiger partial charge in [-0.3, -0.25) is 4.90 Å². The first-order chi connectivity index (χ1) is 14.2. The van der Waals surface area contributed by atoms with Crippen LogP contribution in [0.2, 0.25) is 0 Å². The van der Waals surface area contributed by atoms with E-state index in [0.717, 1.165) is 50.3 Å². The molecule has 1 aromatic heterocycles. The summed E-state index contributed by atoms with van der Waals surface area (Å²) in [7, 11) is 1.69. The third-order valence-corrected chi connectivity index (χ3v) is 5.85. The van der Waals surface area contributed by atoms with Crippen molar-refractivity contribution in [3.63, 3.8) is 0 Å². The van der Waals surface area contributed by atoms with Gasteiger partial charge < -0.3 is 9.84 Å². The number of aromatic nitrogens is 2. The van der Waals surface area contributed by atoms with Crippen LogP contribution in [0.4, 0.5) is 0 Å². The molecule has 3 aromatic rings. The van der Waals surface area contributed by atoms with Crippen LogP contribution < -0.4 is 4.74 Å².